The van der Waals surface area contributed by atoms with Crippen molar-refractivity contribution in [2.75, 3.05) is 16.8 Å². The zero-order valence-corrected chi connectivity index (χ0v) is 15.3. The van der Waals surface area contributed by atoms with Gasteiger partial charge in [0.15, 0.2) is 0 Å². The van der Waals surface area contributed by atoms with Gasteiger partial charge < -0.3 is 10.2 Å². The molecule has 0 bridgehead atoms. The van der Waals surface area contributed by atoms with Crippen molar-refractivity contribution in [3.05, 3.63) is 63.7 Å². The number of nitro groups is 1. The van der Waals surface area contributed by atoms with Crippen LogP contribution in [0, 0.1) is 23.0 Å². The Balaban J connectivity index is 1.77. The van der Waals surface area contributed by atoms with Crippen molar-refractivity contribution < 1.29 is 14.5 Å². The highest BCUT2D eigenvalue weighted by atomic mass is 16.6. The van der Waals surface area contributed by atoms with Crippen molar-refractivity contribution in [1.29, 1.82) is 0 Å². The standard InChI is InChI=1S/C20H21N3O4/c1-3-14-7-4-5-9-18(14)22-12-15(11-19(22)24)20(25)21-16-8-6-10-17(13(16)2)23(26)27/h4-10,15H,3,11-12H2,1-2H3,(H,21,25). The van der Waals surface area contributed by atoms with E-state index in [1.165, 1.54) is 12.1 Å². The molecule has 1 fully saturated rings. The molecule has 0 aliphatic carbocycles. The molecule has 0 saturated carbocycles. The molecule has 1 heterocycles. The first-order chi connectivity index (χ1) is 12.9. The molecular formula is C20H21N3O4. The molecule has 2 aromatic carbocycles. The van der Waals surface area contributed by atoms with Crippen LogP contribution >= 0.6 is 0 Å². The SMILES string of the molecule is CCc1ccccc1N1CC(C(=O)Nc2cccc([N+](=O)[O-])c2C)CC1=O. The van der Waals surface area contributed by atoms with Gasteiger partial charge in [0.05, 0.1) is 22.1 Å². The van der Waals surface area contributed by atoms with Crippen LogP contribution < -0.4 is 10.2 Å². The lowest BCUT2D eigenvalue weighted by atomic mass is 10.1. The first-order valence-electron chi connectivity index (χ1n) is 8.85. The largest absolute Gasteiger partial charge is 0.325 e. The van der Waals surface area contributed by atoms with E-state index in [-0.39, 0.29) is 23.9 Å². The highest BCUT2D eigenvalue weighted by molar-refractivity contribution is 6.04. The molecule has 1 N–H and O–H groups in total. The van der Waals surface area contributed by atoms with Crippen LogP contribution in [0.3, 0.4) is 0 Å². The second-order valence-corrected chi connectivity index (χ2v) is 6.58. The Kier molecular flexibility index (Phi) is 5.21. The van der Waals surface area contributed by atoms with Crippen molar-refractivity contribution in [2.24, 2.45) is 5.92 Å². The van der Waals surface area contributed by atoms with E-state index in [9.17, 15) is 19.7 Å². The summed E-state index contributed by atoms with van der Waals surface area (Å²) >= 11 is 0. The van der Waals surface area contributed by atoms with Crippen molar-refractivity contribution in [3.8, 4) is 0 Å². The van der Waals surface area contributed by atoms with Crippen LogP contribution in [0.25, 0.3) is 0 Å². The molecule has 2 aromatic rings. The monoisotopic (exact) mass is 367 g/mol. The fourth-order valence-electron chi connectivity index (χ4n) is 3.38. The fraction of sp³-hybridized carbons (Fsp3) is 0.300. The molecular weight excluding hydrogens is 346 g/mol. The summed E-state index contributed by atoms with van der Waals surface area (Å²) in [5.41, 5.74) is 2.64. The molecule has 7 heteroatoms. The molecule has 0 radical (unpaired) electrons. The summed E-state index contributed by atoms with van der Waals surface area (Å²) in [6.07, 6.45) is 0.918. The van der Waals surface area contributed by atoms with Crippen LogP contribution in [0.15, 0.2) is 42.5 Å². The Morgan fingerprint density at radius 1 is 1.26 bits per heavy atom. The van der Waals surface area contributed by atoms with E-state index in [0.29, 0.717) is 17.8 Å². The highest BCUT2D eigenvalue weighted by Gasteiger charge is 2.36. The lowest BCUT2D eigenvalue weighted by Crippen LogP contribution is -2.29. The summed E-state index contributed by atoms with van der Waals surface area (Å²) in [6.45, 7) is 3.92. The van der Waals surface area contributed by atoms with Crippen molar-refractivity contribution in [1.82, 2.24) is 0 Å². The van der Waals surface area contributed by atoms with Crippen LogP contribution in [-0.4, -0.2) is 23.3 Å². The predicted octanol–water partition coefficient (Wildman–Crippen LogP) is 3.46. The molecule has 1 unspecified atom stereocenters. The Hall–Kier alpha value is -3.22. The van der Waals surface area contributed by atoms with Crippen LogP contribution in [0.4, 0.5) is 17.1 Å². The Labute approximate surface area is 157 Å². The molecule has 2 amide bonds. The zero-order chi connectivity index (χ0) is 19.6. The van der Waals surface area contributed by atoms with Crippen LogP contribution in [0.5, 0.6) is 0 Å². The predicted molar refractivity (Wildman–Crippen MR) is 103 cm³/mol. The third-order valence-electron chi connectivity index (χ3n) is 4.92. The first kappa shape index (κ1) is 18.6. The minimum absolute atomic E-state index is 0.0474. The number of benzene rings is 2. The Morgan fingerprint density at radius 3 is 2.70 bits per heavy atom. The molecule has 1 atom stereocenters. The van der Waals surface area contributed by atoms with Gasteiger partial charge in [-0.25, -0.2) is 0 Å². The molecule has 7 nitrogen and oxygen atoms in total. The summed E-state index contributed by atoms with van der Waals surface area (Å²) in [5.74, 6) is -0.892. The number of carbonyl (C=O) groups is 2. The summed E-state index contributed by atoms with van der Waals surface area (Å²) < 4.78 is 0. The molecule has 3 rings (SSSR count). The minimum atomic E-state index is -0.499. The number of hydrogen-bond acceptors (Lipinski definition) is 4. The number of carbonyl (C=O) groups excluding carboxylic acids is 2. The molecule has 140 valence electrons. The van der Waals surface area contributed by atoms with Gasteiger partial charge in [0.25, 0.3) is 5.69 Å². The molecule has 27 heavy (non-hydrogen) atoms. The number of para-hydroxylation sites is 1. The number of aryl methyl sites for hydroxylation is 1. The number of nitro benzene ring substituents is 1. The van der Waals surface area contributed by atoms with Gasteiger partial charge >= 0.3 is 0 Å². The second kappa shape index (κ2) is 7.57. The quantitative estimate of drug-likeness (QED) is 0.647. The zero-order valence-electron chi connectivity index (χ0n) is 15.3. The van der Waals surface area contributed by atoms with Gasteiger partial charge in [-0.1, -0.05) is 31.2 Å². The summed E-state index contributed by atoms with van der Waals surface area (Å²) in [7, 11) is 0. The number of hydrogen-bond donors (Lipinski definition) is 1. The van der Waals surface area contributed by atoms with Crippen LogP contribution in [0.1, 0.15) is 24.5 Å². The van der Waals surface area contributed by atoms with E-state index in [1.807, 2.05) is 31.2 Å². The maximum Gasteiger partial charge on any atom is 0.274 e. The number of nitrogens with zero attached hydrogens (tertiary/aromatic N) is 2. The molecule has 1 aliphatic heterocycles. The number of rotatable bonds is 5. The summed E-state index contributed by atoms with van der Waals surface area (Å²) in [4.78, 5) is 37.4. The van der Waals surface area contributed by atoms with Gasteiger partial charge in [0.1, 0.15) is 0 Å². The van der Waals surface area contributed by atoms with Gasteiger partial charge in [0, 0.05) is 24.7 Å². The molecule has 0 spiro atoms. The smallest absolute Gasteiger partial charge is 0.274 e. The molecule has 0 aromatic heterocycles. The third kappa shape index (κ3) is 3.67. The number of nitrogens with one attached hydrogen (secondary N) is 1. The Bertz CT molecular complexity index is 910. The normalized spacial score (nSPS) is 16.4. The van der Waals surface area contributed by atoms with Crippen molar-refractivity contribution in [3.63, 3.8) is 0 Å². The van der Waals surface area contributed by atoms with E-state index in [0.717, 1.165) is 17.7 Å². The third-order valence-corrected chi connectivity index (χ3v) is 4.92. The van der Waals surface area contributed by atoms with E-state index in [4.69, 9.17) is 0 Å². The molecule has 1 saturated heterocycles. The van der Waals surface area contributed by atoms with Crippen LogP contribution in [0.2, 0.25) is 0 Å². The van der Waals surface area contributed by atoms with Crippen molar-refractivity contribution >= 4 is 28.9 Å². The minimum Gasteiger partial charge on any atom is -0.325 e. The molecule has 1 aliphatic rings. The van der Waals surface area contributed by atoms with Crippen LogP contribution in [-0.2, 0) is 16.0 Å². The van der Waals surface area contributed by atoms with Gasteiger partial charge in [-0.3, -0.25) is 19.7 Å². The van der Waals surface area contributed by atoms with Gasteiger partial charge in [-0.2, -0.15) is 0 Å². The number of anilines is 2. The van der Waals surface area contributed by atoms with Gasteiger partial charge in [0.2, 0.25) is 11.8 Å². The lowest BCUT2D eigenvalue weighted by molar-refractivity contribution is -0.385. The van der Waals surface area contributed by atoms with Crippen molar-refractivity contribution in [2.45, 2.75) is 26.7 Å². The number of amides is 2. The first-order valence-corrected chi connectivity index (χ1v) is 8.85. The average molecular weight is 367 g/mol. The maximum atomic E-state index is 12.7. The average Bonchev–Trinajstić information content (AvgIpc) is 3.04. The van der Waals surface area contributed by atoms with E-state index < -0.39 is 10.8 Å². The maximum absolute atomic E-state index is 12.7. The Morgan fingerprint density at radius 2 is 2.00 bits per heavy atom. The second-order valence-electron chi connectivity index (χ2n) is 6.58. The van der Waals surface area contributed by atoms with E-state index >= 15 is 0 Å². The van der Waals surface area contributed by atoms with Gasteiger partial charge in [-0.05, 0) is 31.0 Å². The summed E-state index contributed by atoms with van der Waals surface area (Å²) in [6, 6.07) is 12.2. The topological polar surface area (TPSA) is 92.6 Å². The lowest BCUT2D eigenvalue weighted by Gasteiger charge is -2.20. The van der Waals surface area contributed by atoms with E-state index in [2.05, 4.69) is 5.32 Å². The summed E-state index contributed by atoms with van der Waals surface area (Å²) in [5, 5.41) is 13.8. The van der Waals surface area contributed by atoms with E-state index in [1.54, 1.807) is 17.9 Å². The fourth-order valence-corrected chi connectivity index (χ4v) is 3.38. The van der Waals surface area contributed by atoms with Gasteiger partial charge in [-0.15, -0.1) is 0 Å². The highest BCUT2D eigenvalue weighted by Crippen LogP contribution is 2.30.